The third-order valence-electron chi connectivity index (χ3n) is 4.94. The molecule has 0 atom stereocenters. The highest BCUT2D eigenvalue weighted by Crippen LogP contribution is 2.22. The SMILES string of the molecule is O=C(c1ccccc1C1NNNN1)N1CCC(OCc2cccnc2)CC1. The Balaban J connectivity index is 1.34. The number of carbonyl (C=O) groups is 1. The number of piperidine rings is 1. The summed E-state index contributed by atoms with van der Waals surface area (Å²) in [7, 11) is 0. The summed E-state index contributed by atoms with van der Waals surface area (Å²) in [6.45, 7) is 1.97. The molecular weight excluding hydrogens is 344 g/mol. The van der Waals surface area contributed by atoms with Crippen molar-refractivity contribution in [1.29, 1.82) is 0 Å². The molecule has 8 nitrogen and oxygen atoms in total. The molecule has 2 aromatic rings. The first kappa shape index (κ1) is 18.0. The molecule has 27 heavy (non-hydrogen) atoms. The average Bonchev–Trinajstić information content (AvgIpc) is 3.28. The molecular formula is C19H24N6O2. The Kier molecular flexibility index (Phi) is 5.71. The lowest BCUT2D eigenvalue weighted by atomic mass is 10.0. The van der Waals surface area contributed by atoms with Gasteiger partial charge < -0.3 is 9.64 Å². The highest BCUT2D eigenvalue weighted by molar-refractivity contribution is 5.96. The van der Waals surface area contributed by atoms with E-state index in [2.05, 4.69) is 26.9 Å². The first-order chi connectivity index (χ1) is 13.3. The van der Waals surface area contributed by atoms with Crippen LogP contribution in [-0.4, -0.2) is 35.0 Å². The van der Waals surface area contributed by atoms with Crippen LogP contribution in [0.5, 0.6) is 0 Å². The fraction of sp³-hybridized carbons (Fsp3) is 0.368. The molecule has 0 spiro atoms. The number of hydrazine groups is 3. The zero-order valence-corrected chi connectivity index (χ0v) is 15.0. The lowest BCUT2D eigenvalue weighted by Gasteiger charge is -2.32. The summed E-state index contributed by atoms with van der Waals surface area (Å²) < 4.78 is 5.99. The second-order valence-corrected chi connectivity index (χ2v) is 6.72. The number of hydrogen-bond acceptors (Lipinski definition) is 7. The summed E-state index contributed by atoms with van der Waals surface area (Å²) in [6.07, 6.45) is 5.29. The van der Waals surface area contributed by atoms with Gasteiger partial charge in [0, 0.05) is 31.0 Å². The van der Waals surface area contributed by atoms with E-state index in [1.165, 1.54) is 0 Å². The molecule has 3 heterocycles. The molecule has 8 heteroatoms. The minimum Gasteiger partial charge on any atom is -0.373 e. The van der Waals surface area contributed by atoms with Crippen LogP contribution >= 0.6 is 0 Å². The topological polar surface area (TPSA) is 90.5 Å². The van der Waals surface area contributed by atoms with Gasteiger partial charge >= 0.3 is 0 Å². The van der Waals surface area contributed by atoms with Gasteiger partial charge in [-0.1, -0.05) is 24.3 Å². The average molecular weight is 368 g/mol. The van der Waals surface area contributed by atoms with Crippen LogP contribution in [0.2, 0.25) is 0 Å². The van der Waals surface area contributed by atoms with Crippen LogP contribution < -0.4 is 21.9 Å². The number of hydrogen-bond donors (Lipinski definition) is 4. The molecule has 142 valence electrons. The number of nitrogens with zero attached hydrogens (tertiary/aromatic N) is 2. The van der Waals surface area contributed by atoms with Gasteiger partial charge in [-0.05, 0) is 36.1 Å². The van der Waals surface area contributed by atoms with Crippen molar-refractivity contribution < 1.29 is 9.53 Å². The molecule has 0 radical (unpaired) electrons. The molecule has 4 N–H and O–H groups in total. The van der Waals surface area contributed by atoms with E-state index < -0.39 is 0 Å². The highest BCUT2D eigenvalue weighted by atomic mass is 16.5. The van der Waals surface area contributed by atoms with Gasteiger partial charge in [0.1, 0.15) is 6.17 Å². The summed E-state index contributed by atoms with van der Waals surface area (Å²) in [5.41, 5.74) is 14.4. The number of pyridine rings is 1. The van der Waals surface area contributed by atoms with E-state index >= 15 is 0 Å². The Bertz CT molecular complexity index is 758. The molecule has 4 rings (SSSR count). The molecule has 2 aliphatic heterocycles. The number of aromatic nitrogens is 1. The smallest absolute Gasteiger partial charge is 0.254 e. The number of nitrogens with one attached hydrogen (secondary N) is 4. The van der Waals surface area contributed by atoms with E-state index in [9.17, 15) is 4.79 Å². The van der Waals surface area contributed by atoms with Crippen molar-refractivity contribution in [2.24, 2.45) is 0 Å². The molecule has 0 unspecified atom stereocenters. The first-order valence-electron chi connectivity index (χ1n) is 9.21. The summed E-state index contributed by atoms with van der Waals surface area (Å²) in [5.74, 6) is 0.0619. The monoisotopic (exact) mass is 368 g/mol. The van der Waals surface area contributed by atoms with E-state index in [0.29, 0.717) is 25.3 Å². The van der Waals surface area contributed by atoms with Crippen LogP contribution in [0.3, 0.4) is 0 Å². The molecule has 0 saturated carbocycles. The normalized spacial score (nSPS) is 18.7. The van der Waals surface area contributed by atoms with Crippen molar-refractivity contribution >= 4 is 5.91 Å². The standard InChI is InChI=1S/C19H24N6O2/c26-19(17-6-2-1-5-16(17)18-21-23-24-22-18)25-10-7-15(8-11-25)27-13-14-4-3-9-20-12-14/h1-6,9,12,15,18,21-24H,7-8,10-11,13H2. The van der Waals surface area contributed by atoms with E-state index in [0.717, 1.165) is 24.0 Å². The van der Waals surface area contributed by atoms with Gasteiger partial charge in [-0.15, -0.1) is 0 Å². The molecule has 0 bridgehead atoms. The summed E-state index contributed by atoms with van der Waals surface area (Å²) in [4.78, 5) is 19.1. The Morgan fingerprint density at radius 1 is 1.11 bits per heavy atom. The van der Waals surface area contributed by atoms with E-state index in [-0.39, 0.29) is 18.2 Å². The Morgan fingerprint density at radius 2 is 1.89 bits per heavy atom. The van der Waals surface area contributed by atoms with Crippen LogP contribution in [0, 0.1) is 0 Å². The van der Waals surface area contributed by atoms with Crippen molar-refractivity contribution in [1.82, 2.24) is 31.8 Å². The van der Waals surface area contributed by atoms with E-state index in [4.69, 9.17) is 4.74 Å². The van der Waals surface area contributed by atoms with Crippen LogP contribution in [0.4, 0.5) is 0 Å². The van der Waals surface area contributed by atoms with Gasteiger partial charge in [0.15, 0.2) is 0 Å². The van der Waals surface area contributed by atoms with Crippen LogP contribution in [0.1, 0.15) is 40.5 Å². The van der Waals surface area contributed by atoms with Gasteiger partial charge in [0.05, 0.1) is 12.7 Å². The molecule has 1 aromatic heterocycles. The van der Waals surface area contributed by atoms with Gasteiger partial charge in [-0.3, -0.25) is 9.78 Å². The summed E-state index contributed by atoms with van der Waals surface area (Å²) in [6, 6.07) is 11.6. The van der Waals surface area contributed by atoms with Gasteiger partial charge in [0.25, 0.3) is 5.91 Å². The zero-order valence-electron chi connectivity index (χ0n) is 15.0. The Labute approximate surface area is 158 Å². The third kappa shape index (κ3) is 4.32. The van der Waals surface area contributed by atoms with Crippen LogP contribution in [0.25, 0.3) is 0 Å². The lowest BCUT2D eigenvalue weighted by molar-refractivity contribution is -0.000507. The number of benzene rings is 1. The molecule has 2 aliphatic rings. The highest BCUT2D eigenvalue weighted by Gasteiger charge is 2.27. The predicted octanol–water partition coefficient (Wildman–Crippen LogP) is 1.02. The fourth-order valence-corrected chi connectivity index (χ4v) is 3.45. The maximum absolute atomic E-state index is 13.0. The number of carbonyl (C=O) groups excluding carboxylic acids is 1. The Hall–Kier alpha value is -2.36. The maximum atomic E-state index is 13.0. The van der Waals surface area contributed by atoms with Crippen molar-refractivity contribution in [3.63, 3.8) is 0 Å². The molecule has 0 aliphatic carbocycles. The molecule has 2 fully saturated rings. The van der Waals surface area contributed by atoms with Gasteiger partial charge in [0.2, 0.25) is 0 Å². The van der Waals surface area contributed by atoms with Crippen molar-refractivity contribution in [3.8, 4) is 0 Å². The number of rotatable bonds is 5. The first-order valence-corrected chi connectivity index (χ1v) is 9.21. The number of likely N-dealkylation sites (tertiary alicyclic amines) is 1. The molecule has 2 saturated heterocycles. The quantitative estimate of drug-likeness (QED) is 0.626. The third-order valence-corrected chi connectivity index (χ3v) is 4.94. The van der Waals surface area contributed by atoms with Crippen molar-refractivity contribution in [2.75, 3.05) is 13.1 Å². The van der Waals surface area contributed by atoms with Gasteiger partial charge in [-0.25, -0.2) is 10.9 Å². The summed E-state index contributed by atoms with van der Waals surface area (Å²) >= 11 is 0. The number of amides is 1. The second-order valence-electron chi connectivity index (χ2n) is 6.72. The lowest BCUT2D eigenvalue weighted by Crippen LogP contribution is -2.41. The van der Waals surface area contributed by atoms with E-state index in [1.54, 1.807) is 6.20 Å². The predicted molar refractivity (Wildman–Crippen MR) is 99.7 cm³/mol. The second kappa shape index (κ2) is 8.55. The molecule has 1 amide bonds. The Morgan fingerprint density at radius 3 is 2.63 bits per heavy atom. The zero-order chi connectivity index (χ0) is 18.5. The number of ether oxygens (including phenoxy) is 1. The fourth-order valence-electron chi connectivity index (χ4n) is 3.45. The minimum absolute atomic E-state index is 0.0619. The van der Waals surface area contributed by atoms with Crippen LogP contribution in [-0.2, 0) is 11.3 Å². The summed E-state index contributed by atoms with van der Waals surface area (Å²) in [5, 5.41) is 0. The molecule has 1 aromatic carbocycles. The largest absolute Gasteiger partial charge is 0.373 e. The van der Waals surface area contributed by atoms with Gasteiger partial charge in [-0.2, -0.15) is 11.1 Å². The maximum Gasteiger partial charge on any atom is 0.254 e. The van der Waals surface area contributed by atoms with Crippen LogP contribution in [0.15, 0.2) is 48.8 Å². The van der Waals surface area contributed by atoms with Crippen molar-refractivity contribution in [3.05, 3.63) is 65.5 Å². The minimum atomic E-state index is -0.162. The van der Waals surface area contributed by atoms with E-state index in [1.807, 2.05) is 47.5 Å². The van der Waals surface area contributed by atoms with Crippen molar-refractivity contribution in [2.45, 2.75) is 31.7 Å².